The SMILES string of the molecule is CCCCCCCCCCCCCCCCO[C@H](COC(=O)C(CCCCCCCCCCCCCC)CCCCCCCCCCCCCC)COP(=O)([O-])OCCN(C)C. The predicted molar refractivity (Wildman–Crippen MR) is 264 cm³/mol. The van der Waals surface area contributed by atoms with Gasteiger partial charge in [-0.05, 0) is 33.4 Å². The number of ether oxygens (including phenoxy) is 2. The molecule has 0 amide bonds. The van der Waals surface area contributed by atoms with Crippen molar-refractivity contribution < 1.29 is 32.8 Å². The molecule has 9 heteroatoms. The Balaban J connectivity index is 4.94. The summed E-state index contributed by atoms with van der Waals surface area (Å²) in [6.45, 7) is 7.55. The normalized spacial score (nSPS) is 13.4. The molecule has 0 bridgehead atoms. The van der Waals surface area contributed by atoms with Crippen LogP contribution in [-0.4, -0.2) is 64.0 Å². The van der Waals surface area contributed by atoms with Gasteiger partial charge in [-0.25, -0.2) is 0 Å². The first-order valence-corrected chi connectivity index (χ1v) is 28.7. The van der Waals surface area contributed by atoms with E-state index in [1.165, 1.54) is 205 Å². The van der Waals surface area contributed by atoms with Crippen LogP contribution in [0.3, 0.4) is 0 Å². The number of phosphoric acid groups is 1. The lowest BCUT2D eigenvalue weighted by molar-refractivity contribution is -0.228. The first-order chi connectivity index (χ1) is 30.3. The van der Waals surface area contributed by atoms with E-state index in [-0.39, 0.29) is 31.7 Å². The molecule has 2 atom stereocenters. The number of likely N-dealkylation sites (N-methyl/N-ethyl adjacent to an activating group) is 1. The van der Waals surface area contributed by atoms with Gasteiger partial charge >= 0.3 is 5.97 Å². The average Bonchev–Trinajstić information content (AvgIpc) is 3.25. The molecule has 0 aromatic carbocycles. The fourth-order valence-electron chi connectivity index (χ4n) is 8.37. The third kappa shape index (κ3) is 46.0. The van der Waals surface area contributed by atoms with Gasteiger partial charge in [-0.3, -0.25) is 9.36 Å². The van der Waals surface area contributed by atoms with Gasteiger partial charge in [0.05, 0.1) is 19.1 Å². The highest BCUT2D eigenvalue weighted by molar-refractivity contribution is 7.45. The largest absolute Gasteiger partial charge is 0.756 e. The van der Waals surface area contributed by atoms with Gasteiger partial charge in [0.2, 0.25) is 0 Å². The zero-order valence-corrected chi connectivity index (χ0v) is 43.1. The van der Waals surface area contributed by atoms with Gasteiger partial charge in [0, 0.05) is 13.2 Å². The number of hydrogen-bond donors (Lipinski definition) is 0. The lowest BCUT2D eigenvalue weighted by Crippen LogP contribution is -2.30. The smallest absolute Gasteiger partial charge is 0.309 e. The summed E-state index contributed by atoms with van der Waals surface area (Å²) in [7, 11) is -0.795. The number of nitrogens with zero attached hydrogens (tertiary/aromatic N) is 1. The summed E-state index contributed by atoms with van der Waals surface area (Å²) < 4.78 is 35.0. The number of unbranched alkanes of at least 4 members (excludes halogenated alkanes) is 35. The second-order valence-electron chi connectivity index (χ2n) is 19.2. The highest BCUT2D eigenvalue weighted by Crippen LogP contribution is 2.38. The van der Waals surface area contributed by atoms with Crippen LogP contribution in [0.25, 0.3) is 0 Å². The fourth-order valence-corrected chi connectivity index (χ4v) is 9.10. The van der Waals surface area contributed by atoms with Crippen molar-refractivity contribution in [3.8, 4) is 0 Å². The molecule has 0 aliphatic heterocycles. The molecule has 62 heavy (non-hydrogen) atoms. The maximum absolute atomic E-state index is 13.7. The van der Waals surface area contributed by atoms with E-state index < -0.39 is 13.9 Å². The Morgan fingerprint density at radius 2 is 0.774 bits per heavy atom. The third-order valence-electron chi connectivity index (χ3n) is 12.6. The molecule has 0 saturated carbocycles. The second-order valence-corrected chi connectivity index (χ2v) is 20.6. The Bertz CT molecular complexity index is 925. The van der Waals surface area contributed by atoms with Crippen LogP contribution in [0.5, 0.6) is 0 Å². The van der Waals surface area contributed by atoms with Crippen molar-refractivity contribution in [1.82, 2.24) is 4.90 Å². The standard InChI is InChI=1S/C53H108NO7P/c1-6-9-12-15-18-21-24-27-28-31-34-37-40-43-47-58-52(50-61-62(56,57)60-48-46-54(4)5)49-59-53(55)51(44-41-38-35-32-29-25-22-19-16-13-10-7-2)45-42-39-36-33-30-26-23-20-17-14-11-8-3/h51-52H,6-50H2,1-5H3,(H,56,57)/p-1/t52-/m1/s1. The molecule has 372 valence electrons. The van der Waals surface area contributed by atoms with E-state index in [4.69, 9.17) is 18.5 Å². The molecule has 0 aliphatic carbocycles. The molecule has 0 saturated heterocycles. The second kappa shape index (κ2) is 48.4. The molecule has 1 unspecified atom stereocenters. The van der Waals surface area contributed by atoms with Gasteiger partial charge in [0.1, 0.15) is 12.7 Å². The Labute approximate surface area is 386 Å². The van der Waals surface area contributed by atoms with Gasteiger partial charge in [-0.15, -0.1) is 0 Å². The van der Waals surface area contributed by atoms with Crippen molar-refractivity contribution in [1.29, 1.82) is 0 Å². The quantitative estimate of drug-likeness (QED) is 0.0338. The molecule has 0 aromatic heterocycles. The van der Waals surface area contributed by atoms with E-state index in [2.05, 4.69) is 20.8 Å². The number of phosphoric ester groups is 1. The van der Waals surface area contributed by atoms with E-state index in [0.29, 0.717) is 13.2 Å². The van der Waals surface area contributed by atoms with E-state index in [9.17, 15) is 14.3 Å². The minimum Gasteiger partial charge on any atom is -0.756 e. The molecule has 0 heterocycles. The highest BCUT2D eigenvalue weighted by Gasteiger charge is 2.23. The molecule has 0 spiro atoms. The first-order valence-electron chi connectivity index (χ1n) is 27.3. The van der Waals surface area contributed by atoms with Gasteiger partial charge in [0.25, 0.3) is 7.82 Å². The topological polar surface area (TPSA) is 97.4 Å². The maximum Gasteiger partial charge on any atom is 0.309 e. The van der Waals surface area contributed by atoms with Crippen molar-refractivity contribution in [2.75, 3.05) is 47.1 Å². The summed E-state index contributed by atoms with van der Waals surface area (Å²) in [5.74, 6) is -0.303. The van der Waals surface area contributed by atoms with Crippen molar-refractivity contribution in [3.63, 3.8) is 0 Å². The number of esters is 1. The van der Waals surface area contributed by atoms with Crippen LogP contribution < -0.4 is 4.89 Å². The van der Waals surface area contributed by atoms with E-state index in [0.717, 1.165) is 51.4 Å². The molecule has 0 aromatic rings. The zero-order valence-electron chi connectivity index (χ0n) is 42.2. The Morgan fingerprint density at radius 3 is 1.11 bits per heavy atom. The monoisotopic (exact) mass is 901 g/mol. The third-order valence-corrected chi connectivity index (χ3v) is 13.6. The van der Waals surface area contributed by atoms with Crippen LogP contribution in [0, 0.1) is 5.92 Å². The molecule has 0 aliphatic rings. The summed E-state index contributed by atoms with van der Waals surface area (Å²) in [5.41, 5.74) is 0. The fraction of sp³-hybridized carbons (Fsp3) is 0.981. The van der Waals surface area contributed by atoms with Crippen LogP contribution in [0.15, 0.2) is 0 Å². The summed E-state index contributed by atoms with van der Waals surface area (Å²) in [4.78, 5) is 28.1. The molecule has 0 rings (SSSR count). The summed E-state index contributed by atoms with van der Waals surface area (Å²) in [6.07, 6.45) is 50.1. The van der Waals surface area contributed by atoms with Gasteiger partial charge in [0.15, 0.2) is 0 Å². The van der Waals surface area contributed by atoms with E-state index >= 15 is 0 Å². The minimum absolute atomic E-state index is 0.0114. The summed E-state index contributed by atoms with van der Waals surface area (Å²) in [5, 5.41) is 0. The van der Waals surface area contributed by atoms with E-state index in [1.807, 2.05) is 19.0 Å². The van der Waals surface area contributed by atoms with Crippen molar-refractivity contribution in [3.05, 3.63) is 0 Å². The number of carbonyl (C=O) groups is 1. The lowest BCUT2D eigenvalue weighted by atomic mass is 9.94. The maximum atomic E-state index is 13.7. The molecular weight excluding hydrogens is 794 g/mol. The average molecular weight is 901 g/mol. The molecule has 0 fully saturated rings. The van der Waals surface area contributed by atoms with Gasteiger partial charge in [-0.1, -0.05) is 258 Å². The first kappa shape index (κ1) is 61.5. The summed E-state index contributed by atoms with van der Waals surface area (Å²) in [6, 6.07) is 0. The lowest BCUT2D eigenvalue weighted by Gasteiger charge is -2.26. The van der Waals surface area contributed by atoms with Crippen LogP contribution in [0.1, 0.15) is 278 Å². The van der Waals surface area contributed by atoms with Crippen LogP contribution in [0.2, 0.25) is 0 Å². The Kier molecular flexibility index (Phi) is 48.0. The Hall–Kier alpha value is -0.500. The van der Waals surface area contributed by atoms with Crippen molar-refractivity contribution in [2.45, 2.75) is 284 Å². The number of carbonyl (C=O) groups excluding carboxylic acids is 1. The van der Waals surface area contributed by atoms with Crippen molar-refractivity contribution in [2.24, 2.45) is 5.92 Å². The van der Waals surface area contributed by atoms with Crippen LogP contribution >= 0.6 is 7.82 Å². The van der Waals surface area contributed by atoms with Crippen molar-refractivity contribution >= 4 is 13.8 Å². The number of hydrogen-bond acceptors (Lipinski definition) is 8. The Morgan fingerprint density at radius 1 is 0.452 bits per heavy atom. The number of rotatable bonds is 52. The minimum atomic E-state index is -4.52. The molecule has 0 N–H and O–H groups in total. The molecular formula is C53H107NO7P-. The zero-order chi connectivity index (χ0) is 45.5. The van der Waals surface area contributed by atoms with Gasteiger partial charge < -0.3 is 28.3 Å². The van der Waals surface area contributed by atoms with Crippen LogP contribution in [0.4, 0.5) is 0 Å². The molecule has 0 radical (unpaired) electrons. The highest BCUT2D eigenvalue weighted by atomic mass is 31.2. The molecule has 8 nitrogen and oxygen atoms in total. The predicted octanol–water partition coefficient (Wildman–Crippen LogP) is 16.3. The van der Waals surface area contributed by atoms with Crippen LogP contribution in [-0.2, 0) is 27.9 Å². The van der Waals surface area contributed by atoms with E-state index in [1.54, 1.807) is 0 Å². The summed E-state index contributed by atoms with van der Waals surface area (Å²) >= 11 is 0. The van der Waals surface area contributed by atoms with Gasteiger partial charge in [-0.2, -0.15) is 0 Å².